The Hall–Kier alpha value is -4.08. The lowest BCUT2D eigenvalue weighted by Crippen LogP contribution is -2.48. The Balaban J connectivity index is 0.000000858. The highest BCUT2D eigenvalue weighted by atomic mass is 16.3. The predicted molar refractivity (Wildman–Crippen MR) is 114 cm³/mol. The number of hydrogen-bond donors (Lipinski definition) is 3. The van der Waals surface area contributed by atoms with Gasteiger partial charge in [0.2, 0.25) is 0 Å². The summed E-state index contributed by atoms with van der Waals surface area (Å²) in [6, 6.07) is 7.15. The number of anilines is 1. The van der Waals surface area contributed by atoms with Crippen LogP contribution in [0.4, 0.5) is 5.82 Å². The van der Waals surface area contributed by atoms with Crippen molar-refractivity contribution in [3.63, 3.8) is 0 Å². The summed E-state index contributed by atoms with van der Waals surface area (Å²) >= 11 is 0. The van der Waals surface area contributed by atoms with Crippen LogP contribution >= 0.6 is 0 Å². The molecule has 1 aromatic carbocycles. The number of amides is 1. The largest absolute Gasteiger partial charge is 0.483 e. The van der Waals surface area contributed by atoms with Crippen LogP contribution in [0.2, 0.25) is 0 Å². The van der Waals surface area contributed by atoms with E-state index < -0.39 is 0 Å². The lowest BCUT2D eigenvalue weighted by Gasteiger charge is -2.33. The van der Waals surface area contributed by atoms with Gasteiger partial charge in [-0.15, -0.1) is 0 Å². The molecule has 160 valence electrons. The number of carbonyl (C=O) groups is 2. The molecule has 1 unspecified atom stereocenters. The molecule has 3 aromatic rings. The van der Waals surface area contributed by atoms with Crippen molar-refractivity contribution in [2.75, 3.05) is 18.0 Å². The van der Waals surface area contributed by atoms with Gasteiger partial charge in [-0.05, 0) is 30.5 Å². The SMILES string of the molecule is O=C(NC1CCCN(c2cnccn2)C1)c1ccc(-c2cncc(=O)[nH]2)cc1.O=CO. The number of aromatic amines is 1. The third kappa shape index (κ3) is 5.95. The molecular weight excluding hydrogens is 400 g/mol. The van der Waals surface area contributed by atoms with E-state index in [-0.39, 0.29) is 24.0 Å². The number of H-pyrrole nitrogens is 1. The van der Waals surface area contributed by atoms with Crippen molar-refractivity contribution in [1.29, 1.82) is 0 Å². The Morgan fingerprint density at radius 3 is 2.61 bits per heavy atom. The molecule has 1 aliphatic rings. The second-order valence-corrected chi connectivity index (χ2v) is 6.82. The van der Waals surface area contributed by atoms with E-state index in [1.807, 2.05) is 0 Å². The number of aromatic nitrogens is 4. The molecule has 1 atom stereocenters. The summed E-state index contributed by atoms with van der Waals surface area (Å²) < 4.78 is 0. The lowest BCUT2D eigenvalue weighted by atomic mass is 10.0. The van der Waals surface area contributed by atoms with E-state index in [0.717, 1.165) is 30.8 Å². The molecule has 3 N–H and O–H groups in total. The zero-order valence-corrected chi connectivity index (χ0v) is 16.6. The summed E-state index contributed by atoms with van der Waals surface area (Å²) in [7, 11) is 0. The molecular formula is C21H22N6O4. The predicted octanol–water partition coefficient (Wildman–Crippen LogP) is 1.33. The molecule has 0 bridgehead atoms. The molecule has 10 nitrogen and oxygen atoms in total. The highest BCUT2D eigenvalue weighted by Gasteiger charge is 2.22. The van der Waals surface area contributed by atoms with Crippen LogP contribution in [0, 0.1) is 0 Å². The normalized spacial score (nSPS) is 15.4. The molecule has 1 aliphatic heterocycles. The number of carbonyl (C=O) groups excluding carboxylic acids is 1. The van der Waals surface area contributed by atoms with Crippen LogP contribution in [0.5, 0.6) is 0 Å². The van der Waals surface area contributed by atoms with Crippen molar-refractivity contribution < 1.29 is 14.7 Å². The van der Waals surface area contributed by atoms with Crippen molar-refractivity contribution >= 4 is 18.2 Å². The van der Waals surface area contributed by atoms with Crippen LogP contribution < -0.4 is 15.8 Å². The Morgan fingerprint density at radius 1 is 1.16 bits per heavy atom. The van der Waals surface area contributed by atoms with Gasteiger partial charge in [0.15, 0.2) is 0 Å². The topological polar surface area (TPSA) is 141 Å². The first kappa shape index (κ1) is 21.6. The highest BCUT2D eigenvalue weighted by molar-refractivity contribution is 5.94. The number of nitrogens with zero attached hydrogens (tertiary/aromatic N) is 4. The van der Waals surface area contributed by atoms with E-state index >= 15 is 0 Å². The fourth-order valence-electron chi connectivity index (χ4n) is 3.35. The second-order valence-electron chi connectivity index (χ2n) is 6.82. The molecule has 0 spiro atoms. The molecule has 4 rings (SSSR count). The number of carboxylic acid groups (broad SMARTS) is 1. The number of benzene rings is 1. The van der Waals surface area contributed by atoms with Crippen LogP contribution in [0.1, 0.15) is 23.2 Å². The first-order valence-corrected chi connectivity index (χ1v) is 9.65. The van der Waals surface area contributed by atoms with E-state index in [4.69, 9.17) is 9.90 Å². The second kappa shape index (κ2) is 10.6. The minimum absolute atomic E-state index is 0.0533. The van der Waals surface area contributed by atoms with Gasteiger partial charge in [0.1, 0.15) is 5.82 Å². The van der Waals surface area contributed by atoms with E-state index in [2.05, 4.69) is 30.2 Å². The summed E-state index contributed by atoms with van der Waals surface area (Å²) in [4.78, 5) is 49.6. The standard InChI is InChI=1S/C20H20N6O2.CH2O2/c27-19-12-22-10-17(25-19)14-3-5-15(6-4-14)20(28)24-16-2-1-9-26(13-16)18-11-21-7-8-23-18;2-1-3/h3-8,10-12,16H,1-2,9,13H2,(H,24,28)(H,25,27);1H,(H,2,3). The fraction of sp³-hybridized carbons (Fsp3) is 0.238. The Morgan fingerprint density at radius 2 is 1.94 bits per heavy atom. The van der Waals surface area contributed by atoms with Gasteiger partial charge in [-0.25, -0.2) is 4.98 Å². The van der Waals surface area contributed by atoms with Crippen molar-refractivity contribution in [2.24, 2.45) is 0 Å². The minimum atomic E-state index is -0.260. The molecule has 0 radical (unpaired) electrons. The smallest absolute Gasteiger partial charge is 0.290 e. The quantitative estimate of drug-likeness (QED) is 0.535. The summed E-state index contributed by atoms with van der Waals surface area (Å²) in [6.45, 7) is 1.36. The van der Waals surface area contributed by atoms with Crippen molar-refractivity contribution in [3.05, 3.63) is 71.2 Å². The van der Waals surface area contributed by atoms with Crippen LogP contribution in [0.15, 0.2) is 60.0 Å². The van der Waals surface area contributed by atoms with Crippen LogP contribution in [0.25, 0.3) is 11.3 Å². The average Bonchev–Trinajstić information content (AvgIpc) is 2.80. The van der Waals surface area contributed by atoms with Crippen LogP contribution in [0.3, 0.4) is 0 Å². The third-order valence-corrected chi connectivity index (χ3v) is 4.74. The van der Waals surface area contributed by atoms with Gasteiger partial charge < -0.3 is 20.3 Å². The fourth-order valence-corrected chi connectivity index (χ4v) is 3.35. The minimum Gasteiger partial charge on any atom is -0.483 e. The lowest BCUT2D eigenvalue weighted by molar-refractivity contribution is -0.122. The maximum absolute atomic E-state index is 12.6. The van der Waals surface area contributed by atoms with Crippen molar-refractivity contribution in [2.45, 2.75) is 18.9 Å². The van der Waals surface area contributed by atoms with Crippen LogP contribution in [-0.2, 0) is 4.79 Å². The van der Waals surface area contributed by atoms with Gasteiger partial charge in [0.05, 0.1) is 24.3 Å². The molecule has 0 aliphatic carbocycles. The van der Waals surface area contributed by atoms with Crippen LogP contribution in [-0.4, -0.2) is 56.6 Å². The highest BCUT2D eigenvalue weighted by Crippen LogP contribution is 2.18. The molecule has 1 saturated heterocycles. The van der Waals surface area contributed by atoms with E-state index in [1.54, 1.807) is 49.1 Å². The first-order valence-electron chi connectivity index (χ1n) is 9.65. The molecule has 1 amide bonds. The maximum atomic E-state index is 12.6. The van der Waals surface area contributed by atoms with E-state index in [0.29, 0.717) is 17.8 Å². The number of hydrogen-bond acceptors (Lipinski definition) is 7. The molecule has 1 fully saturated rings. The first-order chi connectivity index (χ1) is 15.1. The summed E-state index contributed by atoms with van der Waals surface area (Å²) in [6.07, 6.45) is 9.78. The molecule has 3 heterocycles. The molecule has 31 heavy (non-hydrogen) atoms. The van der Waals surface area contributed by atoms with Gasteiger partial charge in [-0.2, -0.15) is 0 Å². The maximum Gasteiger partial charge on any atom is 0.290 e. The van der Waals surface area contributed by atoms with E-state index in [1.165, 1.54) is 6.20 Å². The summed E-state index contributed by atoms with van der Waals surface area (Å²) in [5, 5.41) is 9.99. The monoisotopic (exact) mass is 422 g/mol. The Bertz CT molecular complexity index is 1060. The third-order valence-electron chi connectivity index (χ3n) is 4.74. The molecule has 0 saturated carbocycles. The van der Waals surface area contributed by atoms with E-state index in [9.17, 15) is 9.59 Å². The van der Waals surface area contributed by atoms with Gasteiger partial charge in [0, 0.05) is 37.1 Å². The Kier molecular flexibility index (Phi) is 7.41. The Labute approximate surface area is 178 Å². The van der Waals surface area contributed by atoms with Gasteiger partial charge in [0.25, 0.3) is 17.9 Å². The van der Waals surface area contributed by atoms with Gasteiger partial charge in [-0.1, -0.05) is 12.1 Å². The number of nitrogens with one attached hydrogen (secondary N) is 2. The number of piperidine rings is 1. The van der Waals surface area contributed by atoms with Gasteiger partial charge in [-0.3, -0.25) is 24.4 Å². The van der Waals surface area contributed by atoms with Crippen molar-refractivity contribution in [3.8, 4) is 11.3 Å². The zero-order valence-electron chi connectivity index (χ0n) is 16.6. The van der Waals surface area contributed by atoms with Gasteiger partial charge >= 0.3 is 0 Å². The summed E-state index contributed by atoms with van der Waals surface area (Å²) in [5.74, 6) is 0.716. The zero-order chi connectivity index (χ0) is 22.1. The number of rotatable bonds is 4. The van der Waals surface area contributed by atoms with Crippen molar-refractivity contribution in [1.82, 2.24) is 25.3 Å². The molecule has 2 aromatic heterocycles. The molecule has 10 heteroatoms. The summed E-state index contributed by atoms with van der Waals surface area (Å²) in [5.41, 5.74) is 1.73. The average molecular weight is 422 g/mol.